The van der Waals surface area contributed by atoms with Gasteiger partial charge in [0.15, 0.2) is 5.58 Å². The Labute approximate surface area is 119 Å². The van der Waals surface area contributed by atoms with Crippen LogP contribution in [0.4, 0.5) is 10.6 Å². The van der Waals surface area contributed by atoms with Crippen molar-refractivity contribution < 1.29 is 19.1 Å². The number of nitrogens with one attached hydrogen (secondary N) is 1. The molecule has 1 amide bonds. The third kappa shape index (κ3) is 2.62. The minimum atomic E-state index is -1.16. The van der Waals surface area contributed by atoms with E-state index in [1.165, 1.54) is 6.20 Å². The van der Waals surface area contributed by atoms with E-state index < -0.39 is 6.09 Å². The van der Waals surface area contributed by atoms with Crippen molar-refractivity contribution in [2.24, 2.45) is 0 Å². The number of carboxylic acid groups (broad SMARTS) is 1. The lowest BCUT2D eigenvalue weighted by molar-refractivity contribution is 0.209. The Hall–Kier alpha value is -3.09. The minimum Gasteiger partial charge on any atom is -0.497 e. The lowest BCUT2D eigenvalue weighted by atomic mass is 10.3. The maximum Gasteiger partial charge on any atom is 0.410 e. The molecule has 1 aromatic carbocycles. The van der Waals surface area contributed by atoms with Crippen molar-refractivity contribution in [2.45, 2.75) is 0 Å². The predicted octanol–water partition coefficient (Wildman–Crippen LogP) is 2.99. The van der Waals surface area contributed by atoms with Crippen molar-refractivity contribution in [2.75, 3.05) is 12.4 Å². The van der Waals surface area contributed by atoms with Crippen molar-refractivity contribution in [3.8, 4) is 17.2 Å². The highest BCUT2D eigenvalue weighted by atomic mass is 16.5. The SMILES string of the molecule is COc1ccc2nc(-c3ccc(NC(=O)O)nc3)oc2c1. The Balaban J connectivity index is 1.94. The van der Waals surface area contributed by atoms with Crippen LogP contribution in [0.15, 0.2) is 40.9 Å². The largest absolute Gasteiger partial charge is 0.497 e. The van der Waals surface area contributed by atoms with Gasteiger partial charge >= 0.3 is 6.09 Å². The molecule has 2 heterocycles. The molecule has 0 bridgehead atoms. The van der Waals surface area contributed by atoms with Gasteiger partial charge in [0.2, 0.25) is 5.89 Å². The normalized spacial score (nSPS) is 10.5. The molecule has 2 aromatic heterocycles. The van der Waals surface area contributed by atoms with Crippen LogP contribution in [-0.2, 0) is 0 Å². The van der Waals surface area contributed by atoms with E-state index >= 15 is 0 Å². The van der Waals surface area contributed by atoms with E-state index in [2.05, 4.69) is 15.3 Å². The molecule has 0 radical (unpaired) electrons. The number of rotatable bonds is 3. The number of pyridine rings is 1. The summed E-state index contributed by atoms with van der Waals surface area (Å²) in [4.78, 5) is 18.8. The molecular formula is C14H11N3O4. The molecule has 0 saturated carbocycles. The van der Waals surface area contributed by atoms with Crippen LogP contribution in [0, 0.1) is 0 Å². The molecule has 0 saturated heterocycles. The fourth-order valence-electron chi connectivity index (χ4n) is 1.86. The maximum absolute atomic E-state index is 10.5. The van der Waals surface area contributed by atoms with E-state index in [-0.39, 0.29) is 5.82 Å². The molecule has 0 fully saturated rings. The highest BCUT2D eigenvalue weighted by Crippen LogP contribution is 2.26. The smallest absolute Gasteiger partial charge is 0.410 e. The summed E-state index contributed by atoms with van der Waals surface area (Å²) in [5.74, 6) is 1.33. The van der Waals surface area contributed by atoms with Gasteiger partial charge in [0.1, 0.15) is 17.1 Å². The molecule has 21 heavy (non-hydrogen) atoms. The molecule has 0 atom stereocenters. The molecule has 3 aromatic rings. The molecule has 106 valence electrons. The van der Waals surface area contributed by atoms with Gasteiger partial charge in [-0.1, -0.05) is 0 Å². The average molecular weight is 285 g/mol. The van der Waals surface area contributed by atoms with E-state index in [0.29, 0.717) is 28.3 Å². The Morgan fingerprint density at radius 1 is 1.33 bits per heavy atom. The second kappa shape index (κ2) is 5.12. The number of ether oxygens (including phenoxy) is 1. The summed E-state index contributed by atoms with van der Waals surface area (Å²) in [6.07, 6.45) is 0.331. The van der Waals surface area contributed by atoms with Gasteiger partial charge in [-0.2, -0.15) is 0 Å². The van der Waals surface area contributed by atoms with E-state index in [9.17, 15) is 4.79 Å². The first-order valence-electron chi connectivity index (χ1n) is 6.06. The molecule has 0 aliphatic rings. The minimum absolute atomic E-state index is 0.240. The van der Waals surface area contributed by atoms with Crippen molar-refractivity contribution in [3.63, 3.8) is 0 Å². The molecule has 0 spiro atoms. The number of benzene rings is 1. The monoisotopic (exact) mass is 285 g/mol. The third-order valence-electron chi connectivity index (χ3n) is 2.84. The molecule has 2 N–H and O–H groups in total. The molecule has 7 heteroatoms. The number of amides is 1. The standard InChI is InChI=1S/C14H11N3O4/c1-20-9-3-4-10-11(6-9)21-13(16-10)8-2-5-12(15-7-8)17-14(18)19/h2-7H,1H3,(H,15,17)(H,18,19). The number of anilines is 1. The van der Waals surface area contributed by atoms with Crippen LogP contribution in [0.25, 0.3) is 22.6 Å². The van der Waals surface area contributed by atoms with Crippen molar-refractivity contribution in [1.29, 1.82) is 0 Å². The number of hydrogen-bond donors (Lipinski definition) is 2. The average Bonchev–Trinajstić information content (AvgIpc) is 2.90. The number of carbonyl (C=O) groups is 1. The fourth-order valence-corrected chi connectivity index (χ4v) is 1.86. The Morgan fingerprint density at radius 3 is 2.86 bits per heavy atom. The van der Waals surface area contributed by atoms with Gasteiger partial charge in [-0.25, -0.2) is 14.8 Å². The quantitative estimate of drug-likeness (QED) is 0.767. The van der Waals surface area contributed by atoms with Gasteiger partial charge in [-0.05, 0) is 24.3 Å². The van der Waals surface area contributed by atoms with E-state index in [0.717, 1.165) is 0 Å². The Morgan fingerprint density at radius 2 is 2.19 bits per heavy atom. The van der Waals surface area contributed by atoms with E-state index in [1.54, 1.807) is 37.4 Å². The Kier molecular flexibility index (Phi) is 3.15. The summed E-state index contributed by atoms with van der Waals surface area (Å²) in [6, 6.07) is 8.57. The molecule has 7 nitrogen and oxygen atoms in total. The molecule has 0 aliphatic heterocycles. The first kappa shape index (κ1) is 12.9. The van der Waals surface area contributed by atoms with Gasteiger partial charge in [-0.3, -0.25) is 5.32 Å². The van der Waals surface area contributed by atoms with Gasteiger partial charge in [0, 0.05) is 12.3 Å². The van der Waals surface area contributed by atoms with E-state index in [1.807, 2.05) is 0 Å². The summed E-state index contributed by atoms with van der Waals surface area (Å²) in [5.41, 5.74) is 1.97. The topological polar surface area (TPSA) is 97.5 Å². The second-order valence-corrected chi connectivity index (χ2v) is 4.21. The van der Waals surface area contributed by atoms with Gasteiger partial charge in [0.05, 0.1) is 12.7 Å². The number of aromatic nitrogens is 2. The highest BCUT2D eigenvalue weighted by Gasteiger charge is 2.10. The van der Waals surface area contributed by atoms with Crippen LogP contribution in [0.3, 0.4) is 0 Å². The van der Waals surface area contributed by atoms with Crippen LogP contribution in [0.5, 0.6) is 5.75 Å². The van der Waals surface area contributed by atoms with Gasteiger partial charge in [-0.15, -0.1) is 0 Å². The molecular weight excluding hydrogens is 274 g/mol. The van der Waals surface area contributed by atoms with Gasteiger partial charge < -0.3 is 14.3 Å². The molecule has 0 unspecified atom stereocenters. The van der Waals surface area contributed by atoms with Crippen LogP contribution >= 0.6 is 0 Å². The predicted molar refractivity (Wildman–Crippen MR) is 75.4 cm³/mol. The van der Waals surface area contributed by atoms with Crippen LogP contribution in [0.1, 0.15) is 0 Å². The summed E-state index contributed by atoms with van der Waals surface area (Å²) in [7, 11) is 1.58. The van der Waals surface area contributed by atoms with Crippen LogP contribution < -0.4 is 10.1 Å². The van der Waals surface area contributed by atoms with Crippen molar-refractivity contribution in [1.82, 2.24) is 9.97 Å². The van der Waals surface area contributed by atoms with Crippen LogP contribution in [-0.4, -0.2) is 28.3 Å². The maximum atomic E-state index is 10.5. The van der Waals surface area contributed by atoms with Gasteiger partial charge in [0.25, 0.3) is 0 Å². The summed E-state index contributed by atoms with van der Waals surface area (Å²) < 4.78 is 10.8. The number of hydrogen-bond acceptors (Lipinski definition) is 5. The molecule has 0 aliphatic carbocycles. The number of oxazole rings is 1. The lowest BCUT2D eigenvalue weighted by Gasteiger charge is -1.99. The fraction of sp³-hybridized carbons (Fsp3) is 0.0714. The highest BCUT2D eigenvalue weighted by molar-refractivity contribution is 5.82. The van der Waals surface area contributed by atoms with Crippen molar-refractivity contribution in [3.05, 3.63) is 36.5 Å². The second-order valence-electron chi connectivity index (χ2n) is 4.21. The van der Waals surface area contributed by atoms with Crippen molar-refractivity contribution >= 4 is 23.0 Å². The third-order valence-corrected chi connectivity index (χ3v) is 2.84. The first-order chi connectivity index (χ1) is 10.2. The number of nitrogens with zero attached hydrogens (tertiary/aromatic N) is 2. The summed E-state index contributed by atoms with van der Waals surface area (Å²) >= 11 is 0. The summed E-state index contributed by atoms with van der Waals surface area (Å²) in [5, 5.41) is 10.8. The zero-order valence-electron chi connectivity index (χ0n) is 11.0. The number of methoxy groups -OCH3 is 1. The van der Waals surface area contributed by atoms with E-state index in [4.69, 9.17) is 14.3 Å². The lowest BCUT2D eigenvalue weighted by Crippen LogP contribution is -2.08. The number of fused-ring (bicyclic) bond motifs is 1. The Bertz CT molecular complexity index is 796. The first-order valence-corrected chi connectivity index (χ1v) is 6.06. The zero-order chi connectivity index (χ0) is 14.8. The van der Waals surface area contributed by atoms with Crippen LogP contribution in [0.2, 0.25) is 0 Å². The molecule has 3 rings (SSSR count). The zero-order valence-corrected chi connectivity index (χ0v) is 11.0. The summed E-state index contributed by atoms with van der Waals surface area (Å²) in [6.45, 7) is 0.